The van der Waals surface area contributed by atoms with Gasteiger partial charge in [-0.25, -0.2) is 4.98 Å². The molecule has 6 nitrogen and oxygen atoms in total. The maximum absolute atomic E-state index is 4.98. The molecule has 0 spiro atoms. The van der Waals surface area contributed by atoms with Crippen molar-refractivity contribution in [2.24, 2.45) is 0 Å². The number of pyridine rings is 4. The minimum atomic E-state index is -1.98. The largest absolute Gasteiger partial charge is 0.351 e. The Balaban J connectivity index is 0.000000172. The second-order valence-electron chi connectivity index (χ2n) is 5.77. The van der Waals surface area contributed by atoms with Gasteiger partial charge in [0.2, 0.25) is 0 Å². The topological polar surface area (TPSA) is 80.2 Å². The third-order valence-electron chi connectivity index (χ3n) is 3.59. The standard InChI is InChI=1S/2C10H8N2.C3H4N2.3ClH.Os/c2*1-3-7-11-9(5-1)10-6-2-4-8-12-10;1-2-5-3-4-1;;;;/h2*1-8H;1-3H,(H,4,5);3*1H;/q;;;;;;+3/p-3. The Morgan fingerprint density at radius 3 is 1.00 bits per heavy atom. The molecule has 10 heteroatoms. The van der Waals surface area contributed by atoms with Gasteiger partial charge in [0.1, 0.15) is 0 Å². The van der Waals surface area contributed by atoms with Gasteiger partial charge in [0.05, 0.1) is 29.1 Å². The van der Waals surface area contributed by atoms with Crippen LogP contribution in [0.1, 0.15) is 0 Å². The molecule has 0 aromatic carbocycles. The van der Waals surface area contributed by atoms with Gasteiger partial charge >= 0.3 is 42.1 Å². The molecule has 5 aromatic rings. The van der Waals surface area contributed by atoms with Gasteiger partial charge in [-0.2, -0.15) is 0 Å². The number of nitrogens with one attached hydrogen (secondary N) is 1. The summed E-state index contributed by atoms with van der Waals surface area (Å²) in [5.41, 5.74) is 3.66. The zero-order chi connectivity index (χ0) is 23.6. The van der Waals surface area contributed by atoms with E-state index in [4.69, 9.17) is 28.9 Å². The zero-order valence-electron chi connectivity index (χ0n) is 17.2. The average Bonchev–Trinajstić information content (AvgIpc) is 3.47. The van der Waals surface area contributed by atoms with Crippen molar-refractivity contribution in [1.82, 2.24) is 29.9 Å². The Morgan fingerprint density at radius 1 is 0.515 bits per heavy atom. The zero-order valence-corrected chi connectivity index (χ0v) is 22.0. The Labute approximate surface area is 210 Å². The first-order valence-electron chi connectivity index (χ1n) is 9.41. The number of hydrogen-bond donors (Lipinski definition) is 1. The molecule has 0 bridgehead atoms. The molecule has 0 aliphatic heterocycles. The number of halogens is 3. The van der Waals surface area contributed by atoms with E-state index in [0.29, 0.717) is 0 Å². The maximum Gasteiger partial charge on any atom is 0.0919 e. The fourth-order valence-corrected chi connectivity index (χ4v) is 2.27. The van der Waals surface area contributed by atoms with Crippen LogP contribution in [0.4, 0.5) is 0 Å². The van der Waals surface area contributed by atoms with Crippen LogP contribution in [-0.4, -0.2) is 29.9 Å². The van der Waals surface area contributed by atoms with Crippen LogP contribution < -0.4 is 0 Å². The molecule has 0 fully saturated rings. The van der Waals surface area contributed by atoms with E-state index in [9.17, 15) is 0 Å². The van der Waals surface area contributed by atoms with Crippen molar-refractivity contribution < 1.29 is 13.2 Å². The molecule has 171 valence electrons. The quantitative estimate of drug-likeness (QED) is 0.224. The second kappa shape index (κ2) is 16.9. The summed E-state index contributed by atoms with van der Waals surface area (Å²) in [6.07, 6.45) is 12.2. The predicted octanol–water partition coefficient (Wildman–Crippen LogP) is 6.76. The molecule has 0 aliphatic carbocycles. The summed E-state index contributed by atoms with van der Waals surface area (Å²) >= 11 is -1.98. The van der Waals surface area contributed by atoms with Crippen LogP contribution >= 0.6 is 28.9 Å². The van der Waals surface area contributed by atoms with Crippen molar-refractivity contribution >= 4 is 28.9 Å². The summed E-state index contributed by atoms with van der Waals surface area (Å²) in [6.45, 7) is 0. The molecule has 0 amide bonds. The third-order valence-corrected chi connectivity index (χ3v) is 3.59. The smallest absolute Gasteiger partial charge is 0.0919 e. The Hall–Kier alpha value is -2.68. The van der Waals surface area contributed by atoms with Gasteiger partial charge in [-0.1, -0.05) is 24.3 Å². The maximum atomic E-state index is 4.98. The van der Waals surface area contributed by atoms with Crippen molar-refractivity contribution in [3.63, 3.8) is 0 Å². The van der Waals surface area contributed by atoms with Crippen LogP contribution in [0, 0.1) is 0 Å². The molecule has 0 radical (unpaired) electrons. The van der Waals surface area contributed by atoms with Crippen molar-refractivity contribution in [3.05, 3.63) is 116 Å². The van der Waals surface area contributed by atoms with Gasteiger partial charge in [0.25, 0.3) is 0 Å². The monoisotopic (exact) mass is 677 g/mol. The van der Waals surface area contributed by atoms with E-state index < -0.39 is 13.2 Å². The first kappa shape index (κ1) is 26.6. The summed E-state index contributed by atoms with van der Waals surface area (Å²) in [5.74, 6) is 0. The van der Waals surface area contributed by atoms with Gasteiger partial charge in [-0.3, -0.25) is 19.9 Å². The fourth-order valence-electron chi connectivity index (χ4n) is 2.27. The number of aromatic nitrogens is 6. The van der Waals surface area contributed by atoms with Gasteiger partial charge in [0.15, 0.2) is 0 Å². The molecule has 0 aliphatic rings. The van der Waals surface area contributed by atoms with Gasteiger partial charge in [-0.15, -0.1) is 0 Å². The van der Waals surface area contributed by atoms with E-state index in [2.05, 4.69) is 29.9 Å². The summed E-state index contributed by atoms with van der Waals surface area (Å²) in [6, 6.07) is 23.2. The van der Waals surface area contributed by atoms with E-state index in [1.54, 1.807) is 43.5 Å². The van der Waals surface area contributed by atoms with Gasteiger partial charge in [-0.05, 0) is 48.5 Å². The van der Waals surface area contributed by atoms with Crippen molar-refractivity contribution in [1.29, 1.82) is 0 Å². The number of nitrogens with zero attached hydrogens (tertiary/aromatic N) is 5. The Morgan fingerprint density at radius 2 is 0.848 bits per heavy atom. The Bertz CT molecular complexity index is 918. The molecule has 0 unspecified atom stereocenters. The van der Waals surface area contributed by atoms with Crippen LogP contribution in [0.15, 0.2) is 116 Å². The van der Waals surface area contributed by atoms with Crippen molar-refractivity contribution in [2.45, 2.75) is 0 Å². The number of H-pyrrole nitrogens is 1. The number of rotatable bonds is 2. The molecule has 33 heavy (non-hydrogen) atoms. The molecule has 5 heterocycles. The molecule has 0 saturated carbocycles. The van der Waals surface area contributed by atoms with Gasteiger partial charge in [0, 0.05) is 37.2 Å². The number of imidazole rings is 1. The first-order chi connectivity index (χ1) is 16.2. The summed E-state index contributed by atoms with van der Waals surface area (Å²) < 4.78 is 0. The van der Waals surface area contributed by atoms with Gasteiger partial charge < -0.3 is 4.98 Å². The van der Waals surface area contributed by atoms with Crippen LogP contribution in [0.3, 0.4) is 0 Å². The number of aromatic amines is 1. The molecule has 1 N–H and O–H groups in total. The Kier molecular flexibility index (Phi) is 13.6. The molecule has 0 saturated heterocycles. The second-order valence-corrected chi connectivity index (χ2v) is 16.8. The van der Waals surface area contributed by atoms with E-state index in [0.717, 1.165) is 22.8 Å². The van der Waals surface area contributed by atoms with Crippen LogP contribution in [0.5, 0.6) is 0 Å². The van der Waals surface area contributed by atoms with Crippen molar-refractivity contribution in [2.75, 3.05) is 0 Å². The van der Waals surface area contributed by atoms with E-state index in [1.165, 1.54) is 0 Å². The average molecular weight is 677 g/mol. The molecule has 5 aromatic heterocycles. The summed E-state index contributed by atoms with van der Waals surface area (Å²) in [7, 11) is 14.9. The first-order valence-corrected chi connectivity index (χ1v) is 18.9. The van der Waals surface area contributed by atoms with E-state index >= 15 is 0 Å². The molecule has 0 atom stereocenters. The molecular weight excluding hydrogens is 657 g/mol. The van der Waals surface area contributed by atoms with Crippen LogP contribution in [0.2, 0.25) is 0 Å². The molecular formula is C23H20Cl3N6Os. The van der Waals surface area contributed by atoms with E-state index in [-0.39, 0.29) is 0 Å². The van der Waals surface area contributed by atoms with Crippen molar-refractivity contribution in [3.8, 4) is 22.8 Å². The van der Waals surface area contributed by atoms with Crippen LogP contribution in [-0.2, 0) is 13.2 Å². The van der Waals surface area contributed by atoms with E-state index in [1.807, 2.05) is 72.8 Å². The number of hydrogen-bond acceptors (Lipinski definition) is 5. The minimum absolute atomic E-state index is 0.915. The minimum Gasteiger partial charge on any atom is -0.351 e. The fraction of sp³-hybridized carbons (Fsp3) is 0. The molecule has 5 rings (SSSR count). The SMILES string of the molecule is [Cl][Os]([Cl])[Cl].c1c[nH]cn1.c1ccc(-c2ccccn2)nc1.c1ccc(-c2ccccn2)nc1. The normalized spacial score (nSPS) is 9.61. The third kappa shape index (κ3) is 12.2. The van der Waals surface area contributed by atoms with Crippen LogP contribution in [0.25, 0.3) is 22.8 Å². The summed E-state index contributed by atoms with van der Waals surface area (Å²) in [4.78, 5) is 23.2. The summed E-state index contributed by atoms with van der Waals surface area (Å²) in [5, 5.41) is 0. The predicted molar refractivity (Wildman–Crippen MR) is 131 cm³/mol.